The summed E-state index contributed by atoms with van der Waals surface area (Å²) in [5.41, 5.74) is 0.623. The van der Waals surface area contributed by atoms with Crippen molar-refractivity contribution < 1.29 is 9.53 Å². The number of likely N-dealkylation sites (N-methyl/N-ethyl adjacent to an activating group) is 2. The van der Waals surface area contributed by atoms with Gasteiger partial charge in [0.15, 0.2) is 0 Å². The van der Waals surface area contributed by atoms with Gasteiger partial charge in [-0.3, -0.25) is 9.69 Å². The number of amides is 1. The molecule has 1 aromatic rings. The summed E-state index contributed by atoms with van der Waals surface area (Å²) < 4.78 is 5.55. The van der Waals surface area contributed by atoms with Crippen LogP contribution in [0.25, 0.3) is 0 Å². The highest BCUT2D eigenvalue weighted by atomic mass is 16.5. The molecule has 1 aromatic carbocycles. The van der Waals surface area contributed by atoms with Gasteiger partial charge in [0.2, 0.25) is 5.91 Å². The molecule has 0 unspecified atom stereocenters. The van der Waals surface area contributed by atoms with Crippen LogP contribution in [0.15, 0.2) is 24.3 Å². The average Bonchev–Trinajstić information content (AvgIpc) is 2.44. The Bertz CT molecular complexity index is 437. The third-order valence-corrected chi connectivity index (χ3v) is 2.63. The van der Waals surface area contributed by atoms with Gasteiger partial charge >= 0.3 is 0 Å². The lowest BCUT2D eigenvalue weighted by atomic mass is 10.2. The number of ether oxygens (including phenoxy) is 1. The van der Waals surface area contributed by atoms with Crippen molar-refractivity contribution in [3.05, 3.63) is 29.8 Å². The van der Waals surface area contributed by atoms with Gasteiger partial charge in [-0.1, -0.05) is 0 Å². The van der Waals surface area contributed by atoms with E-state index in [2.05, 4.69) is 11.4 Å². The Kier molecular flexibility index (Phi) is 6.41. The summed E-state index contributed by atoms with van der Waals surface area (Å²) in [6.45, 7) is 1.78. The third-order valence-electron chi connectivity index (χ3n) is 2.63. The number of carbonyl (C=O) groups is 1. The fourth-order valence-electron chi connectivity index (χ4n) is 1.55. The van der Waals surface area contributed by atoms with Crippen molar-refractivity contribution in [2.75, 3.05) is 33.8 Å². The molecular formula is C14H19N3O2. The molecule has 0 spiro atoms. The van der Waals surface area contributed by atoms with E-state index in [0.29, 0.717) is 18.7 Å². The molecule has 0 bridgehead atoms. The highest BCUT2D eigenvalue weighted by Crippen LogP contribution is 2.11. The van der Waals surface area contributed by atoms with Crippen LogP contribution in [-0.4, -0.2) is 44.6 Å². The highest BCUT2D eigenvalue weighted by Gasteiger charge is 2.03. The smallest absolute Gasteiger partial charge is 0.233 e. The van der Waals surface area contributed by atoms with Crippen molar-refractivity contribution in [2.24, 2.45) is 0 Å². The minimum Gasteiger partial charge on any atom is -0.494 e. The van der Waals surface area contributed by atoms with E-state index < -0.39 is 0 Å². The number of benzene rings is 1. The van der Waals surface area contributed by atoms with Crippen LogP contribution in [-0.2, 0) is 4.79 Å². The number of rotatable bonds is 7. The second-order valence-electron chi connectivity index (χ2n) is 4.25. The van der Waals surface area contributed by atoms with Crippen LogP contribution in [0.5, 0.6) is 5.75 Å². The van der Waals surface area contributed by atoms with E-state index in [4.69, 9.17) is 10.00 Å². The number of nitrogens with one attached hydrogen (secondary N) is 1. The van der Waals surface area contributed by atoms with Gasteiger partial charge in [-0.05, 0) is 37.7 Å². The molecule has 1 amide bonds. The molecule has 0 aromatic heterocycles. The highest BCUT2D eigenvalue weighted by molar-refractivity contribution is 5.77. The van der Waals surface area contributed by atoms with Crippen molar-refractivity contribution in [1.82, 2.24) is 10.2 Å². The molecule has 19 heavy (non-hydrogen) atoms. The maximum atomic E-state index is 11.1. The van der Waals surface area contributed by atoms with Crippen LogP contribution in [0.1, 0.15) is 12.0 Å². The summed E-state index contributed by atoms with van der Waals surface area (Å²) in [5, 5.41) is 11.3. The fourth-order valence-corrected chi connectivity index (χ4v) is 1.55. The molecule has 0 aliphatic rings. The van der Waals surface area contributed by atoms with E-state index in [0.717, 1.165) is 18.7 Å². The number of nitriles is 1. The predicted molar refractivity (Wildman–Crippen MR) is 72.8 cm³/mol. The van der Waals surface area contributed by atoms with Crippen molar-refractivity contribution in [3.8, 4) is 11.8 Å². The Hall–Kier alpha value is -2.06. The quantitative estimate of drug-likeness (QED) is 0.744. The second-order valence-corrected chi connectivity index (χ2v) is 4.25. The average molecular weight is 261 g/mol. The minimum atomic E-state index is 0.00973. The van der Waals surface area contributed by atoms with E-state index >= 15 is 0 Å². The van der Waals surface area contributed by atoms with E-state index in [-0.39, 0.29) is 5.91 Å². The van der Waals surface area contributed by atoms with Gasteiger partial charge in [0.1, 0.15) is 5.75 Å². The summed E-state index contributed by atoms with van der Waals surface area (Å²) in [4.78, 5) is 13.1. The summed E-state index contributed by atoms with van der Waals surface area (Å²) in [7, 11) is 3.53. The van der Waals surface area contributed by atoms with Crippen molar-refractivity contribution in [2.45, 2.75) is 6.42 Å². The number of carbonyl (C=O) groups excluding carboxylic acids is 1. The zero-order chi connectivity index (χ0) is 14.1. The van der Waals surface area contributed by atoms with Gasteiger partial charge in [0, 0.05) is 13.6 Å². The Morgan fingerprint density at radius 3 is 2.68 bits per heavy atom. The lowest BCUT2D eigenvalue weighted by Crippen LogP contribution is -2.33. The van der Waals surface area contributed by atoms with Gasteiger partial charge in [0.25, 0.3) is 0 Å². The monoisotopic (exact) mass is 261 g/mol. The first-order valence-corrected chi connectivity index (χ1v) is 6.18. The minimum absolute atomic E-state index is 0.00973. The van der Waals surface area contributed by atoms with Crippen molar-refractivity contribution in [1.29, 1.82) is 5.26 Å². The molecule has 0 radical (unpaired) electrons. The summed E-state index contributed by atoms with van der Waals surface area (Å²) in [6.07, 6.45) is 0.841. The maximum Gasteiger partial charge on any atom is 0.233 e. The van der Waals surface area contributed by atoms with Gasteiger partial charge in [-0.25, -0.2) is 0 Å². The van der Waals surface area contributed by atoms with Crippen LogP contribution < -0.4 is 10.1 Å². The van der Waals surface area contributed by atoms with Gasteiger partial charge < -0.3 is 10.1 Å². The molecular weight excluding hydrogens is 242 g/mol. The lowest BCUT2D eigenvalue weighted by molar-refractivity contribution is -0.121. The first kappa shape index (κ1) is 15.0. The van der Waals surface area contributed by atoms with Gasteiger partial charge in [0.05, 0.1) is 24.8 Å². The first-order valence-electron chi connectivity index (χ1n) is 6.18. The summed E-state index contributed by atoms with van der Waals surface area (Å²) >= 11 is 0. The molecule has 0 saturated carbocycles. The lowest BCUT2D eigenvalue weighted by Gasteiger charge is -2.15. The molecule has 5 nitrogen and oxygen atoms in total. The molecule has 1 N–H and O–H groups in total. The van der Waals surface area contributed by atoms with Crippen LogP contribution in [0, 0.1) is 11.3 Å². The van der Waals surface area contributed by atoms with Gasteiger partial charge in [-0.2, -0.15) is 5.26 Å². The summed E-state index contributed by atoms with van der Waals surface area (Å²) in [6, 6.07) is 9.09. The Labute approximate surface area is 113 Å². The molecule has 1 rings (SSSR count). The van der Waals surface area contributed by atoms with Crippen LogP contribution in [0.2, 0.25) is 0 Å². The topological polar surface area (TPSA) is 65.4 Å². The number of hydrogen-bond acceptors (Lipinski definition) is 4. The van der Waals surface area contributed by atoms with Crippen LogP contribution in [0.3, 0.4) is 0 Å². The van der Waals surface area contributed by atoms with Crippen LogP contribution >= 0.6 is 0 Å². The molecule has 0 aliphatic carbocycles. The first-order chi connectivity index (χ1) is 9.15. The largest absolute Gasteiger partial charge is 0.494 e. The second kappa shape index (κ2) is 8.11. The molecule has 5 heteroatoms. The molecule has 0 heterocycles. The molecule has 0 atom stereocenters. The maximum absolute atomic E-state index is 11.1. The van der Waals surface area contributed by atoms with Crippen LogP contribution in [0.4, 0.5) is 0 Å². The number of hydrogen-bond donors (Lipinski definition) is 1. The summed E-state index contributed by atoms with van der Waals surface area (Å²) in [5.74, 6) is 0.767. The molecule has 0 saturated heterocycles. The molecule has 0 aliphatic heterocycles. The van der Waals surface area contributed by atoms with Crippen molar-refractivity contribution >= 4 is 5.91 Å². The Morgan fingerprint density at radius 2 is 2.11 bits per heavy atom. The van der Waals surface area contributed by atoms with E-state index in [1.165, 1.54) is 0 Å². The number of nitrogens with zero attached hydrogens (tertiary/aromatic N) is 2. The standard InChI is InChI=1S/C14H19N3O2/c1-16-14(18)11-17(2)8-3-9-19-13-6-4-12(10-15)5-7-13/h4-7H,3,8-9,11H2,1-2H3,(H,16,18). The zero-order valence-corrected chi connectivity index (χ0v) is 11.3. The van der Waals surface area contributed by atoms with Crippen molar-refractivity contribution in [3.63, 3.8) is 0 Å². The Balaban J connectivity index is 2.20. The SMILES string of the molecule is CNC(=O)CN(C)CCCOc1ccc(C#N)cc1. The Morgan fingerprint density at radius 1 is 1.42 bits per heavy atom. The zero-order valence-electron chi connectivity index (χ0n) is 11.3. The molecule has 0 fully saturated rings. The third kappa shape index (κ3) is 5.89. The molecule has 102 valence electrons. The fraction of sp³-hybridized carbons (Fsp3) is 0.429. The predicted octanol–water partition coefficient (Wildman–Crippen LogP) is 1.00. The van der Waals surface area contributed by atoms with E-state index in [1.807, 2.05) is 11.9 Å². The van der Waals surface area contributed by atoms with E-state index in [9.17, 15) is 4.79 Å². The van der Waals surface area contributed by atoms with E-state index in [1.54, 1.807) is 31.3 Å². The van der Waals surface area contributed by atoms with Gasteiger partial charge in [-0.15, -0.1) is 0 Å². The normalized spacial score (nSPS) is 10.0.